The van der Waals surface area contributed by atoms with E-state index in [4.69, 9.17) is 10.2 Å². The number of hydrogen-bond acceptors (Lipinski definition) is 5. The third-order valence-corrected chi connectivity index (χ3v) is 4.24. The van der Waals surface area contributed by atoms with Crippen LogP contribution in [0.15, 0.2) is 22.8 Å². The number of rotatable bonds is 6. The summed E-state index contributed by atoms with van der Waals surface area (Å²) in [6.45, 7) is 4.08. The molecule has 5 nitrogen and oxygen atoms in total. The second-order valence-corrected chi connectivity index (χ2v) is 6.05. The van der Waals surface area contributed by atoms with Crippen molar-refractivity contribution >= 4 is 17.7 Å². The number of piperazine rings is 1. The second kappa shape index (κ2) is 7.71. The topological polar surface area (TPSA) is 62.7 Å². The Morgan fingerprint density at radius 3 is 2.80 bits per heavy atom. The quantitative estimate of drug-likeness (QED) is 0.849. The molecule has 20 heavy (non-hydrogen) atoms. The molecule has 1 aliphatic rings. The number of nitrogens with two attached hydrogens (primary N) is 1. The average Bonchev–Trinajstić information content (AvgIpc) is 2.97. The van der Waals surface area contributed by atoms with Gasteiger partial charge in [-0.3, -0.25) is 9.69 Å². The Hall–Kier alpha value is -0.980. The SMILES string of the molecule is CSCC[C@@H](N)C(=O)N1CCN(Cc2ccco2)CC1. The lowest BCUT2D eigenvalue weighted by molar-refractivity contribution is -0.134. The van der Waals surface area contributed by atoms with Gasteiger partial charge >= 0.3 is 0 Å². The number of nitrogens with zero attached hydrogens (tertiary/aromatic N) is 2. The van der Waals surface area contributed by atoms with E-state index in [1.54, 1.807) is 18.0 Å². The van der Waals surface area contributed by atoms with Crippen LogP contribution in [0.1, 0.15) is 12.2 Å². The standard InChI is InChI=1S/C14H23N3O2S/c1-20-10-4-13(15)14(18)17-7-5-16(6-8-17)11-12-3-2-9-19-12/h2-3,9,13H,4-8,10-11,15H2,1H3/t13-/m1/s1. The highest BCUT2D eigenvalue weighted by Crippen LogP contribution is 2.10. The van der Waals surface area contributed by atoms with Crippen molar-refractivity contribution in [1.82, 2.24) is 9.80 Å². The Morgan fingerprint density at radius 2 is 2.20 bits per heavy atom. The highest BCUT2D eigenvalue weighted by Gasteiger charge is 2.25. The lowest BCUT2D eigenvalue weighted by atomic mass is 10.2. The average molecular weight is 297 g/mol. The van der Waals surface area contributed by atoms with Gasteiger partial charge in [0.25, 0.3) is 0 Å². The molecule has 0 aromatic carbocycles. The molecule has 1 fully saturated rings. The van der Waals surface area contributed by atoms with Crippen LogP contribution in [-0.4, -0.2) is 59.9 Å². The molecule has 0 bridgehead atoms. The summed E-state index contributed by atoms with van der Waals surface area (Å²) in [5.41, 5.74) is 5.95. The van der Waals surface area contributed by atoms with E-state index in [0.29, 0.717) is 0 Å². The van der Waals surface area contributed by atoms with E-state index in [2.05, 4.69) is 4.90 Å². The summed E-state index contributed by atoms with van der Waals surface area (Å²) in [6.07, 6.45) is 4.48. The minimum Gasteiger partial charge on any atom is -0.468 e. The molecule has 0 spiro atoms. The van der Waals surface area contributed by atoms with Crippen LogP contribution in [-0.2, 0) is 11.3 Å². The molecule has 2 rings (SSSR count). The minimum atomic E-state index is -0.348. The van der Waals surface area contributed by atoms with Crippen LogP contribution < -0.4 is 5.73 Å². The molecule has 1 amide bonds. The summed E-state index contributed by atoms with van der Waals surface area (Å²) in [5.74, 6) is 2.00. The molecule has 1 saturated heterocycles. The third kappa shape index (κ3) is 4.26. The number of furan rings is 1. The van der Waals surface area contributed by atoms with Crippen molar-refractivity contribution in [1.29, 1.82) is 0 Å². The van der Waals surface area contributed by atoms with Crippen LogP contribution in [0.4, 0.5) is 0 Å². The first-order chi connectivity index (χ1) is 9.70. The van der Waals surface area contributed by atoms with E-state index < -0.39 is 0 Å². The highest BCUT2D eigenvalue weighted by molar-refractivity contribution is 7.98. The van der Waals surface area contributed by atoms with Gasteiger partial charge in [-0.25, -0.2) is 0 Å². The summed E-state index contributed by atoms with van der Waals surface area (Å²) in [6, 6.07) is 3.54. The highest BCUT2D eigenvalue weighted by atomic mass is 32.2. The van der Waals surface area contributed by atoms with Gasteiger partial charge < -0.3 is 15.1 Å². The number of thioether (sulfide) groups is 1. The fourth-order valence-corrected chi connectivity index (χ4v) is 2.84. The summed E-state index contributed by atoms with van der Waals surface area (Å²) in [4.78, 5) is 16.4. The van der Waals surface area contributed by atoms with Gasteiger partial charge in [-0.05, 0) is 30.6 Å². The van der Waals surface area contributed by atoms with E-state index >= 15 is 0 Å². The minimum absolute atomic E-state index is 0.0942. The number of carbonyl (C=O) groups excluding carboxylic acids is 1. The molecule has 1 aromatic rings. The largest absolute Gasteiger partial charge is 0.468 e. The zero-order valence-electron chi connectivity index (χ0n) is 12.0. The summed E-state index contributed by atoms with van der Waals surface area (Å²) in [5, 5.41) is 0. The van der Waals surface area contributed by atoms with Gasteiger partial charge in [0.05, 0.1) is 18.8 Å². The van der Waals surface area contributed by atoms with Crippen LogP contribution in [0.5, 0.6) is 0 Å². The first-order valence-electron chi connectivity index (χ1n) is 6.98. The zero-order chi connectivity index (χ0) is 14.4. The van der Waals surface area contributed by atoms with Gasteiger partial charge in [0.1, 0.15) is 5.76 Å². The monoisotopic (exact) mass is 297 g/mol. The van der Waals surface area contributed by atoms with Crippen LogP contribution in [0, 0.1) is 0 Å². The zero-order valence-corrected chi connectivity index (χ0v) is 12.8. The van der Waals surface area contributed by atoms with Crippen LogP contribution in [0.3, 0.4) is 0 Å². The number of amides is 1. The number of hydrogen-bond donors (Lipinski definition) is 1. The Labute approximate surface area is 124 Å². The summed E-state index contributed by atoms with van der Waals surface area (Å²) in [7, 11) is 0. The van der Waals surface area contributed by atoms with Crippen LogP contribution in [0.25, 0.3) is 0 Å². The fourth-order valence-electron chi connectivity index (χ4n) is 2.35. The molecule has 1 atom stereocenters. The van der Waals surface area contributed by atoms with E-state index in [1.807, 2.05) is 23.3 Å². The lowest BCUT2D eigenvalue weighted by Gasteiger charge is -2.35. The first kappa shape index (κ1) is 15.4. The van der Waals surface area contributed by atoms with E-state index in [-0.39, 0.29) is 11.9 Å². The molecule has 2 N–H and O–H groups in total. The van der Waals surface area contributed by atoms with E-state index in [0.717, 1.165) is 50.7 Å². The predicted octanol–water partition coefficient (Wildman–Crippen LogP) is 1.00. The van der Waals surface area contributed by atoms with Gasteiger partial charge in [-0.1, -0.05) is 0 Å². The molecule has 2 heterocycles. The number of carbonyl (C=O) groups is 1. The molecule has 1 aromatic heterocycles. The molecule has 0 radical (unpaired) electrons. The molecule has 1 aliphatic heterocycles. The maximum absolute atomic E-state index is 12.2. The second-order valence-electron chi connectivity index (χ2n) is 5.07. The molecular formula is C14H23N3O2S. The molecule has 0 saturated carbocycles. The van der Waals surface area contributed by atoms with E-state index in [9.17, 15) is 4.79 Å². The normalized spacial score (nSPS) is 18.2. The smallest absolute Gasteiger partial charge is 0.239 e. The van der Waals surface area contributed by atoms with Crippen molar-refractivity contribution in [3.8, 4) is 0 Å². The Balaban J connectivity index is 1.74. The first-order valence-corrected chi connectivity index (χ1v) is 8.38. The fraction of sp³-hybridized carbons (Fsp3) is 0.643. The van der Waals surface area contributed by atoms with E-state index in [1.165, 1.54) is 0 Å². The van der Waals surface area contributed by atoms with Crippen molar-refractivity contribution in [3.05, 3.63) is 24.2 Å². The van der Waals surface area contributed by atoms with Crippen molar-refractivity contribution in [2.75, 3.05) is 38.2 Å². The van der Waals surface area contributed by atoms with Crippen LogP contribution >= 0.6 is 11.8 Å². The molecule has 0 unspecified atom stereocenters. The van der Waals surface area contributed by atoms with Gasteiger partial charge in [0.2, 0.25) is 5.91 Å². The van der Waals surface area contributed by atoms with Crippen molar-refractivity contribution in [3.63, 3.8) is 0 Å². The molecule has 0 aliphatic carbocycles. The Bertz CT molecular complexity index is 403. The third-order valence-electron chi connectivity index (χ3n) is 3.59. The van der Waals surface area contributed by atoms with Crippen molar-refractivity contribution in [2.24, 2.45) is 5.73 Å². The molecular weight excluding hydrogens is 274 g/mol. The van der Waals surface area contributed by atoms with Gasteiger partial charge in [0.15, 0.2) is 0 Å². The van der Waals surface area contributed by atoms with Gasteiger partial charge in [-0.2, -0.15) is 11.8 Å². The lowest BCUT2D eigenvalue weighted by Crippen LogP contribution is -2.53. The predicted molar refractivity (Wildman–Crippen MR) is 81.5 cm³/mol. The van der Waals surface area contributed by atoms with Gasteiger partial charge in [-0.15, -0.1) is 0 Å². The van der Waals surface area contributed by atoms with Crippen molar-refractivity contribution < 1.29 is 9.21 Å². The Morgan fingerprint density at radius 1 is 1.45 bits per heavy atom. The molecule has 112 valence electrons. The summed E-state index contributed by atoms with van der Waals surface area (Å²) < 4.78 is 5.35. The summed E-state index contributed by atoms with van der Waals surface area (Å²) >= 11 is 1.73. The van der Waals surface area contributed by atoms with Crippen LogP contribution in [0.2, 0.25) is 0 Å². The maximum atomic E-state index is 12.2. The van der Waals surface area contributed by atoms with Gasteiger partial charge in [0, 0.05) is 26.2 Å². The Kier molecular flexibility index (Phi) is 5.94. The van der Waals surface area contributed by atoms with Crippen molar-refractivity contribution in [2.45, 2.75) is 19.0 Å². The maximum Gasteiger partial charge on any atom is 0.239 e. The molecule has 6 heteroatoms.